The summed E-state index contributed by atoms with van der Waals surface area (Å²) in [6, 6.07) is 4.61. The van der Waals surface area contributed by atoms with Gasteiger partial charge in [0.2, 0.25) is 5.91 Å². The number of hydrogen-bond acceptors (Lipinski definition) is 3. The Morgan fingerprint density at radius 1 is 1.33 bits per heavy atom. The summed E-state index contributed by atoms with van der Waals surface area (Å²) in [6.45, 7) is 0.561. The number of anilines is 2. The van der Waals surface area contributed by atoms with Gasteiger partial charge in [0, 0.05) is 13.0 Å². The van der Waals surface area contributed by atoms with E-state index in [0.29, 0.717) is 18.7 Å². The number of carboxylic acids is 1. The third kappa shape index (κ3) is 1.90. The van der Waals surface area contributed by atoms with Crippen molar-refractivity contribution < 1.29 is 14.7 Å². The predicted molar refractivity (Wildman–Crippen MR) is 55.1 cm³/mol. The highest BCUT2D eigenvalue weighted by atomic mass is 16.4. The molecule has 2 rings (SSSR count). The Kier molecular flexibility index (Phi) is 2.29. The maximum absolute atomic E-state index is 11.2. The molecule has 1 aromatic carbocycles. The van der Waals surface area contributed by atoms with E-state index < -0.39 is 5.97 Å². The summed E-state index contributed by atoms with van der Waals surface area (Å²) >= 11 is 0. The lowest BCUT2D eigenvalue weighted by Gasteiger charge is -2.07. The molecule has 0 radical (unpaired) electrons. The van der Waals surface area contributed by atoms with Crippen molar-refractivity contribution in [3.63, 3.8) is 0 Å². The molecule has 1 aliphatic heterocycles. The molecule has 0 saturated heterocycles. The molecule has 15 heavy (non-hydrogen) atoms. The van der Waals surface area contributed by atoms with E-state index in [-0.39, 0.29) is 11.5 Å². The van der Waals surface area contributed by atoms with Crippen molar-refractivity contribution in [3.05, 3.63) is 23.8 Å². The monoisotopic (exact) mass is 206 g/mol. The summed E-state index contributed by atoms with van der Waals surface area (Å²) in [6.07, 6.45) is 0.386. The summed E-state index contributed by atoms with van der Waals surface area (Å²) < 4.78 is 0. The summed E-state index contributed by atoms with van der Waals surface area (Å²) in [4.78, 5) is 21.9. The number of carbonyl (C=O) groups is 2. The fraction of sp³-hybridized carbons (Fsp3) is 0.200. The van der Waals surface area contributed by atoms with Crippen molar-refractivity contribution in [2.45, 2.75) is 6.42 Å². The fourth-order valence-corrected chi connectivity index (χ4v) is 1.46. The normalized spacial score (nSPS) is 14.5. The number of rotatable bonds is 1. The van der Waals surface area contributed by atoms with E-state index in [9.17, 15) is 9.59 Å². The minimum atomic E-state index is -1.00. The minimum Gasteiger partial charge on any atom is -0.478 e. The Morgan fingerprint density at radius 2 is 2.13 bits per heavy atom. The molecule has 5 heteroatoms. The number of aromatic carboxylic acids is 1. The van der Waals surface area contributed by atoms with E-state index in [1.54, 1.807) is 6.07 Å². The van der Waals surface area contributed by atoms with Gasteiger partial charge >= 0.3 is 5.97 Å². The molecule has 0 atom stereocenters. The fourth-order valence-electron chi connectivity index (χ4n) is 1.46. The molecular weight excluding hydrogens is 196 g/mol. The Hall–Kier alpha value is -2.04. The molecule has 0 aromatic heterocycles. The highest BCUT2D eigenvalue weighted by molar-refractivity contribution is 5.98. The predicted octanol–water partition coefficient (Wildman–Crippen LogP) is 1.14. The van der Waals surface area contributed by atoms with Crippen LogP contribution in [0.1, 0.15) is 16.8 Å². The third-order valence-corrected chi connectivity index (χ3v) is 2.21. The van der Waals surface area contributed by atoms with Gasteiger partial charge in [-0.05, 0) is 18.2 Å². The smallest absolute Gasteiger partial charge is 0.335 e. The van der Waals surface area contributed by atoms with Crippen molar-refractivity contribution in [1.29, 1.82) is 0 Å². The first-order chi connectivity index (χ1) is 7.16. The van der Waals surface area contributed by atoms with Crippen LogP contribution in [0, 0.1) is 0 Å². The van der Waals surface area contributed by atoms with Crippen molar-refractivity contribution in [1.82, 2.24) is 0 Å². The van der Waals surface area contributed by atoms with E-state index >= 15 is 0 Å². The van der Waals surface area contributed by atoms with Crippen LogP contribution in [-0.2, 0) is 4.79 Å². The van der Waals surface area contributed by atoms with Crippen molar-refractivity contribution >= 4 is 23.3 Å². The van der Waals surface area contributed by atoms with Gasteiger partial charge in [-0.15, -0.1) is 0 Å². The molecule has 0 spiro atoms. The summed E-state index contributed by atoms with van der Waals surface area (Å²) in [5.41, 5.74) is 1.45. The van der Waals surface area contributed by atoms with Crippen LogP contribution in [0.25, 0.3) is 0 Å². The van der Waals surface area contributed by atoms with Gasteiger partial charge in [-0.1, -0.05) is 0 Å². The topological polar surface area (TPSA) is 78.4 Å². The average Bonchev–Trinajstić information content (AvgIpc) is 2.37. The molecule has 1 aromatic rings. The van der Waals surface area contributed by atoms with E-state index in [4.69, 9.17) is 5.11 Å². The number of carbonyl (C=O) groups excluding carboxylic acids is 1. The van der Waals surface area contributed by atoms with Gasteiger partial charge in [-0.2, -0.15) is 0 Å². The van der Waals surface area contributed by atoms with Crippen LogP contribution in [0.2, 0.25) is 0 Å². The molecule has 1 heterocycles. The molecule has 1 amide bonds. The van der Waals surface area contributed by atoms with Crippen LogP contribution >= 0.6 is 0 Å². The highest BCUT2D eigenvalue weighted by Crippen LogP contribution is 2.25. The van der Waals surface area contributed by atoms with Crippen LogP contribution in [0.15, 0.2) is 18.2 Å². The van der Waals surface area contributed by atoms with E-state index in [0.717, 1.165) is 5.69 Å². The molecule has 0 aliphatic carbocycles. The van der Waals surface area contributed by atoms with Gasteiger partial charge in [0.1, 0.15) is 0 Å². The number of carboxylic acid groups (broad SMARTS) is 1. The Bertz CT molecular complexity index is 429. The Balaban J connectivity index is 2.41. The summed E-state index contributed by atoms with van der Waals surface area (Å²) in [7, 11) is 0. The maximum Gasteiger partial charge on any atom is 0.335 e. The number of amides is 1. The maximum atomic E-state index is 11.2. The van der Waals surface area contributed by atoms with Crippen LogP contribution < -0.4 is 10.6 Å². The zero-order valence-corrected chi connectivity index (χ0v) is 7.91. The van der Waals surface area contributed by atoms with Gasteiger partial charge in [0.25, 0.3) is 0 Å². The number of nitrogens with one attached hydrogen (secondary N) is 2. The standard InChI is InChI=1S/C10H10N2O3/c13-9-3-4-11-7-2-1-6(10(14)15)5-8(7)12-9/h1-2,5,11H,3-4H2,(H,12,13)(H,14,15). The van der Waals surface area contributed by atoms with Gasteiger partial charge in [-0.3, -0.25) is 4.79 Å². The second-order valence-electron chi connectivity index (χ2n) is 3.29. The molecular formula is C10H10N2O3. The molecule has 5 nitrogen and oxygen atoms in total. The number of fused-ring (bicyclic) bond motifs is 1. The van der Waals surface area contributed by atoms with E-state index in [1.165, 1.54) is 12.1 Å². The lowest BCUT2D eigenvalue weighted by Crippen LogP contribution is -2.11. The Morgan fingerprint density at radius 3 is 2.87 bits per heavy atom. The molecule has 0 unspecified atom stereocenters. The van der Waals surface area contributed by atoms with Gasteiger partial charge in [0.05, 0.1) is 16.9 Å². The molecule has 0 fully saturated rings. The lowest BCUT2D eigenvalue weighted by atomic mass is 10.1. The summed E-state index contributed by atoms with van der Waals surface area (Å²) in [5.74, 6) is -1.11. The molecule has 78 valence electrons. The van der Waals surface area contributed by atoms with E-state index in [1.807, 2.05) is 0 Å². The van der Waals surface area contributed by atoms with Gasteiger partial charge < -0.3 is 15.7 Å². The number of hydrogen-bond donors (Lipinski definition) is 3. The van der Waals surface area contributed by atoms with Gasteiger partial charge in [-0.25, -0.2) is 4.79 Å². The minimum absolute atomic E-state index is 0.108. The second-order valence-corrected chi connectivity index (χ2v) is 3.29. The van der Waals surface area contributed by atoms with Crippen LogP contribution in [0.3, 0.4) is 0 Å². The molecule has 0 bridgehead atoms. The second kappa shape index (κ2) is 3.61. The first-order valence-corrected chi connectivity index (χ1v) is 4.58. The van der Waals surface area contributed by atoms with Crippen LogP contribution in [0.5, 0.6) is 0 Å². The molecule has 3 N–H and O–H groups in total. The van der Waals surface area contributed by atoms with Crippen molar-refractivity contribution in [2.75, 3.05) is 17.2 Å². The molecule has 0 saturated carbocycles. The Labute approximate surface area is 86.1 Å². The molecule has 1 aliphatic rings. The van der Waals surface area contributed by atoms with Crippen LogP contribution in [0.4, 0.5) is 11.4 Å². The van der Waals surface area contributed by atoms with Crippen molar-refractivity contribution in [3.8, 4) is 0 Å². The quantitative estimate of drug-likeness (QED) is 0.643. The first kappa shape index (κ1) is 9.51. The number of benzene rings is 1. The summed E-state index contributed by atoms with van der Waals surface area (Å²) in [5, 5.41) is 14.5. The van der Waals surface area contributed by atoms with Crippen LogP contribution in [-0.4, -0.2) is 23.5 Å². The largest absolute Gasteiger partial charge is 0.478 e. The zero-order valence-electron chi connectivity index (χ0n) is 7.91. The van der Waals surface area contributed by atoms with E-state index in [2.05, 4.69) is 10.6 Å². The third-order valence-electron chi connectivity index (χ3n) is 2.21. The first-order valence-electron chi connectivity index (χ1n) is 4.58. The van der Waals surface area contributed by atoms with Crippen molar-refractivity contribution in [2.24, 2.45) is 0 Å². The zero-order chi connectivity index (χ0) is 10.8. The highest BCUT2D eigenvalue weighted by Gasteiger charge is 2.14. The van der Waals surface area contributed by atoms with Gasteiger partial charge in [0.15, 0.2) is 0 Å². The SMILES string of the molecule is O=C1CCNc2ccc(C(=O)O)cc2N1. The average molecular weight is 206 g/mol. The lowest BCUT2D eigenvalue weighted by molar-refractivity contribution is -0.115.